The summed E-state index contributed by atoms with van der Waals surface area (Å²) in [7, 11) is 0. The summed E-state index contributed by atoms with van der Waals surface area (Å²) in [5.41, 5.74) is 2.81. The number of hydrogen-bond acceptors (Lipinski definition) is 2. The fourth-order valence-electron chi connectivity index (χ4n) is 2.85. The lowest BCUT2D eigenvalue weighted by atomic mass is 9.87. The summed E-state index contributed by atoms with van der Waals surface area (Å²) in [4.78, 5) is 19.2. The van der Waals surface area contributed by atoms with Crippen LogP contribution < -0.4 is 4.90 Å². The molecular weight excluding hydrogens is 391 g/mol. The number of pyridine rings is 1. The largest absolute Gasteiger partial charge is 0.288 e. The van der Waals surface area contributed by atoms with E-state index in [1.807, 2.05) is 18.2 Å². The van der Waals surface area contributed by atoms with Gasteiger partial charge in [0.2, 0.25) is 0 Å². The van der Waals surface area contributed by atoms with Crippen LogP contribution in [0.25, 0.3) is 0 Å². The van der Waals surface area contributed by atoms with Gasteiger partial charge in [0.05, 0.1) is 16.6 Å². The Kier molecular flexibility index (Phi) is 6.07. The summed E-state index contributed by atoms with van der Waals surface area (Å²) in [5.74, 6) is 0.399. The van der Waals surface area contributed by atoms with Crippen molar-refractivity contribution in [2.24, 2.45) is 0 Å². The van der Waals surface area contributed by atoms with Gasteiger partial charge < -0.3 is 0 Å². The quantitative estimate of drug-likeness (QED) is 0.487. The first-order chi connectivity index (χ1) is 13.3. The Morgan fingerprint density at radius 1 is 0.964 bits per heavy atom. The van der Waals surface area contributed by atoms with Crippen molar-refractivity contribution in [2.45, 2.75) is 32.7 Å². The van der Waals surface area contributed by atoms with Crippen molar-refractivity contribution >= 4 is 34.9 Å². The average molecular weight is 413 g/mol. The maximum Gasteiger partial charge on any atom is 0.259 e. The second-order valence-electron chi connectivity index (χ2n) is 7.66. The summed E-state index contributed by atoms with van der Waals surface area (Å²) >= 11 is 12.1. The number of amides is 1. The van der Waals surface area contributed by atoms with Crippen LogP contribution in [-0.2, 0) is 12.0 Å². The van der Waals surface area contributed by atoms with E-state index in [0.717, 1.165) is 5.56 Å². The topological polar surface area (TPSA) is 33.2 Å². The average Bonchev–Trinajstić information content (AvgIpc) is 2.68. The van der Waals surface area contributed by atoms with Gasteiger partial charge in [0.25, 0.3) is 5.91 Å². The van der Waals surface area contributed by atoms with Gasteiger partial charge in [0, 0.05) is 11.8 Å². The van der Waals surface area contributed by atoms with Gasteiger partial charge in [0.15, 0.2) is 0 Å². The van der Waals surface area contributed by atoms with E-state index in [9.17, 15) is 4.79 Å². The highest BCUT2D eigenvalue weighted by Gasteiger charge is 2.20. The zero-order chi connectivity index (χ0) is 20.3. The van der Waals surface area contributed by atoms with E-state index in [-0.39, 0.29) is 11.3 Å². The molecule has 0 spiro atoms. The summed E-state index contributed by atoms with van der Waals surface area (Å²) in [6.45, 7) is 6.93. The number of carbonyl (C=O) groups excluding carboxylic acids is 1. The Balaban J connectivity index is 1.94. The highest BCUT2D eigenvalue weighted by molar-refractivity contribution is 6.42. The van der Waals surface area contributed by atoms with Crippen LogP contribution >= 0.6 is 23.2 Å². The van der Waals surface area contributed by atoms with Crippen molar-refractivity contribution in [2.75, 3.05) is 4.90 Å². The van der Waals surface area contributed by atoms with E-state index >= 15 is 0 Å². The Hall–Kier alpha value is -2.36. The number of hydrogen-bond donors (Lipinski definition) is 0. The van der Waals surface area contributed by atoms with Crippen LogP contribution in [0.4, 0.5) is 5.82 Å². The zero-order valence-corrected chi connectivity index (χ0v) is 17.6. The molecular formula is C23H22Cl2N2O. The number of carbonyl (C=O) groups is 1. The van der Waals surface area contributed by atoms with E-state index in [1.54, 1.807) is 29.3 Å². The number of aromatic nitrogens is 1. The minimum Gasteiger partial charge on any atom is -0.288 e. The summed E-state index contributed by atoms with van der Waals surface area (Å²) in [5, 5.41) is 0.767. The molecule has 144 valence electrons. The maximum absolute atomic E-state index is 13.2. The van der Waals surface area contributed by atoms with Gasteiger partial charge >= 0.3 is 0 Å². The van der Waals surface area contributed by atoms with Gasteiger partial charge in [-0.05, 0) is 46.9 Å². The first-order valence-electron chi connectivity index (χ1n) is 9.03. The smallest absolute Gasteiger partial charge is 0.259 e. The molecule has 3 nitrogen and oxygen atoms in total. The Morgan fingerprint density at radius 2 is 1.68 bits per heavy atom. The highest BCUT2D eigenvalue weighted by atomic mass is 35.5. The normalized spacial score (nSPS) is 11.3. The number of halogens is 2. The monoisotopic (exact) mass is 412 g/mol. The van der Waals surface area contributed by atoms with Crippen LogP contribution in [0.3, 0.4) is 0 Å². The standard InChI is InChI=1S/C23H22Cl2N2O/c1-23(2,3)18-10-7-16(8-11-18)15-27(21-6-4-5-13-26-21)22(28)17-9-12-19(24)20(25)14-17/h4-14H,15H2,1-3H3. The van der Waals surface area contributed by atoms with Crippen molar-refractivity contribution in [1.29, 1.82) is 0 Å². The summed E-state index contributed by atoms with van der Waals surface area (Å²) < 4.78 is 0. The minimum absolute atomic E-state index is 0.0785. The van der Waals surface area contributed by atoms with Crippen molar-refractivity contribution < 1.29 is 4.79 Å². The lowest BCUT2D eigenvalue weighted by Gasteiger charge is -2.23. The Bertz CT molecular complexity index is 964. The molecule has 1 amide bonds. The molecule has 0 radical (unpaired) electrons. The zero-order valence-electron chi connectivity index (χ0n) is 16.1. The molecule has 2 aromatic carbocycles. The fraction of sp³-hybridized carbons (Fsp3) is 0.217. The van der Waals surface area contributed by atoms with Crippen molar-refractivity contribution in [1.82, 2.24) is 4.98 Å². The van der Waals surface area contributed by atoms with E-state index < -0.39 is 0 Å². The predicted molar refractivity (Wildman–Crippen MR) is 116 cm³/mol. The number of benzene rings is 2. The van der Waals surface area contributed by atoms with Gasteiger partial charge in [0.1, 0.15) is 5.82 Å². The summed E-state index contributed by atoms with van der Waals surface area (Å²) in [6, 6.07) is 18.7. The third kappa shape index (κ3) is 4.73. The molecule has 0 saturated heterocycles. The molecule has 0 saturated carbocycles. The molecule has 3 aromatic rings. The van der Waals surface area contributed by atoms with E-state index in [1.165, 1.54) is 5.56 Å². The van der Waals surface area contributed by atoms with E-state index in [0.29, 0.717) is 28.0 Å². The van der Waals surface area contributed by atoms with Gasteiger partial charge in [-0.3, -0.25) is 9.69 Å². The van der Waals surface area contributed by atoms with E-state index in [2.05, 4.69) is 50.0 Å². The SMILES string of the molecule is CC(C)(C)c1ccc(CN(C(=O)c2ccc(Cl)c(Cl)c2)c2ccccn2)cc1. The lowest BCUT2D eigenvalue weighted by Crippen LogP contribution is -2.31. The second-order valence-corrected chi connectivity index (χ2v) is 8.47. The van der Waals surface area contributed by atoms with Gasteiger partial charge in [-0.2, -0.15) is 0 Å². The first-order valence-corrected chi connectivity index (χ1v) is 9.78. The van der Waals surface area contributed by atoms with Gasteiger partial charge in [-0.15, -0.1) is 0 Å². The first kappa shape index (κ1) is 20.4. The molecule has 28 heavy (non-hydrogen) atoms. The fourth-order valence-corrected chi connectivity index (χ4v) is 3.15. The molecule has 0 fully saturated rings. The van der Waals surface area contributed by atoms with Crippen molar-refractivity contribution in [3.63, 3.8) is 0 Å². The van der Waals surface area contributed by atoms with Crippen LogP contribution in [0.2, 0.25) is 10.0 Å². The third-order valence-electron chi connectivity index (χ3n) is 4.50. The minimum atomic E-state index is -0.183. The molecule has 0 unspecified atom stereocenters. The summed E-state index contributed by atoms with van der Waals surface area (Å²) in [6.07, 6.45) is 1.67. The maximum atomic E-state index is 13.2. The van der Waals surface area contributed by atoms with Crippen molar-refractivity contribution in [3.8, 4) is 0 Å². The molecule has 3 rings (SSSR count). The molecule has 1 heterocycles. The number of rotatable bonds is 4. The van der Waals surface area contributed by atoms with Crippen LogP contribution in [-0.4, -0.2) is 10.9 Å². The van der Waals surface area contributed by atoms with E-state index in [4.69, 9.17) is 23.2 Å². The Labute approximate surface area is 175 Å². The number of anilines is 1. The molecule has 0 N–H and O–H groups in total. The molecule has 1 aromatic heterocycles. The third-order valence-corrected chi connectivity index (χ3v) is 5.24. The molecule has 5 heteroatoms. The number of nitrogens with zero attached hydrogens (tertiary/aromatic N) is 2. The molecule has 0 atom stereocenters. The molecule has 0 aliphatic heterocycles. The van der Waals surface area contributed by atoms with Crippen LogP contribution in [0.5, 0.6) is 0 Å². The second kappa shape index (κ2) is 8.34. The Morgan fingerprint density at radius 3 is 2.25 bits per heavy atom. The van der Waals surface area contributed by atoms with Crippen LogP contribution in [0.1, 0.15) is 42.3 Å². The molecule has 0 bridgehead atoms. The predicted octanol–water partition coefficient (Wildman–Crippen LogP) is 6.53. The van der Waals surface area contributed by atoms with Crippen LogP contribution in [0.15, 0.2) is 66.9 Å². The van der Waals surface area contributed by atoms with Gasteiger partial charge in [-0.1, -0.05) is 74.3 Å². The molecule has 0 aliphatic rings. The van der Waals surface area contributed by atoms with Crippen molar-refractivity contribution in [3.05, 3.63) is 93.6 Å². The van der Waals surface area contributed by atoms with Gasteiger partial charge in [-0.25, -0.2) is 4.98 Å². The lowest BCUT2D eigenvalue weighted by molar-refractivity contribution is 0.0984. The van der Waals surface area contributed by atoms with Crippen LogP contribution in [0, 0.1) is 0 Å². The molecule has 0 aliphatic carbocycles. The highest BCUT2D eigenvalue weighted by Crippen LogP contribution is 2.26.